The van der Waals surface area contributed by atoms with Crippen molar-refractivity contribution in [1.82, 2.24) is 19.9 Å². The van der Waals surface area contributed by atoms with Gasteiger partial charge in [-0.1, -0.05) is 146 Å². The van der Waals surface area contributed by atoms with Crippen LogP contribution in [-0.4, -0.2) is 19.9 Å². The van der Waals surface area contributed by atoms with Crippen molar-refractivity contribution in [3.05, 3.63) is 206 Å². The number of aromatic nitrogens is 4. The number of hydrogen-bond donors (Lipinski definition) is 0. The zero-order valence-corrected chi connectivity index (χ0v) is 33.2. The molecule has 0 bridgehead atoms. The quantitative estimate of drug-likeness (QED) is 0.160. The van der Waals surface area contributed by atoms with E-state index >= 15 is 0 Å². The van der Waals surface area contributed by atoms with E-state index in [1.54, 1.807) is 0 Å². The van der Waals surface area contributed by atoms with Crippen molar-refractivity contribution in [3.63, 3.8) is 0 Å². The van der Waals surface area contributed by atoms with Crippen LogP contribution >= 0.6 is 0 Å². The summed E-state index contributed by atoms with van der Waals surface area (Å²) in [7, 11) is 0. The first-order valence-corrected chi connectivity index (χ1v) is 20.6. The van der Waals surface area contributed by atoms with Crippen LogP contribution in [0, 0.1) is 0 Å². The number of furan rings is 1. The minimum Gasteiger partial charge on any atom is -0.456 e. The SMILES string of the molecule is c1ccc(-c2cccc(-c3nc(-c4cc(-c5ccccc5)cc(-c5ccccc5)c4)nc(-c4ccc5ccc6oc7ccc8nc(-c9ccccc9)oc8c7c6c5c4)n3)c2)cc1. The van der Waals surface area contributed by atoms with Gasteiger partial charge in [-0.3, -0.25) is 0 Å². The maximum atomic E-state index is 6.55. The third-order valence-electron chi connectivity index (χ3n) is 11.5. The normalized spacial score (nSPS) is 11.5. The van der Waals surface area contributed by atoms with Gasteiger partial charge in [-0.05, 0) is 105 Å². The van der Waals surface area contributed by atoms with Crippen molar-refractivity contribution in [2.75, 3.05) is 0 Å². The number of rotatable bonds is 7. The van der Waals surface area contributed by atoms with E-state index in [1.165, 1.54) is 0 Å². The third-order valence-corrected chi connectivity index (χ3v) is 11.5. The first kappa shape index (κ1) is 35.5. The molecule has 6 nitrogen and oxygen atoms in total. The minimum absolute atomic E-state index is 0.560. The lowest BCUT2D eigenvalue weighted by Crippen LogP contribution is -2.01. The van der Waals surface area contributed by atoms with Crippen molar-refractivity contribution < 1.29 is 8.83 Å². The van der Waals surface area contributed by atoms with Gasteiger partial charge in [0, 0.05) is 27.6 Å². The van der Waals surface area contributed by atoms with Gasteiger partial charge in [-0.25, -0.2) is 19.9 Å². The zero-order chi connectivity index (χ0) is 41.0. The second-order valence-corrected chi connectivity index (χ2v) is 15.4. The van der Waals surface area contributed by atoms with Crippen LogP contribution in [-0.2, 0) is 0 Å². The average molecular weight is 795 g/mol. The third kappa shape index (κ3) is 6.30. The van der Waals surface area contributed by atoms with E-state index in [0.717, 1.165) is 93.9 Å². The number of benzene rings is 9. The summed E-state index contributed by atoms with van der Waals surface area (Å²) in [6.45, 7) is 0. The molecular weight excluding hydrogens is 761 g/mol. The Morgan fingerprint density at radius 2 is 0.758 bits per heavy atom. The van der Waals surface area contributed by atoms with Gasteiger partial charge < -0.3 is 8.83 Å². The summed E-state index contributed by atoms with van der Waals surface area (Å²) in [5.41, 5.74) is 13.1. The molecular formula is C56H34N4O2. The smallest absolute Gasteiger partial charge is 0.227 e. The van der Waals surface area contributed by atoms with Gasteiger partial charge in [0.15, 0.2) is 23.1 Å². The van der Waals surface area contributed by atoms with E-state index in [0.29, 0.717) is 28.9 Å². The molecule has 62 heavy (non-hydrogen) atoms. The molecule has 0 fully saturated rings. The average Bonchev–Trinajstić information content (AvgIpc) is 3.97. The van der Waals surface area contributed by atoms with Gasteiger partial charge in [-0.2, -0.15) is 0 Å². The highest BCUT2D eigenvalue weighted by atomic mass is 16.4. The second-order valence-electron chi connectivity index (χ2n) is 15.4. The van der Waals surface area contributed by atoms with Crippen LogP contribution in [0.25, 0.3) is 123 Å². The largest absolute Gasteiger partial charge is 0.456 e. The molecule has 0 N–H and O–H groups in total. The fraction of sp³-hybridized carbons (Fsp3) is 0. The molecule has 0 spiro atoms. The topological polar surface area (TPSA) is 77.8 Å². The van der Waals surface area contributed by atoms with E-state index in [1.807, 2.05) is 66.7 Å². The Morgan fingerprint density at radius 1 is 0.290 bits per heavy atom. The lowest BCUT2D eigenvalue weighted by molar-refractivity contribution is 0.622. The van der Waals surface area contributed by atoms with E-state index in [2.05, 4.69) is 140 Å². The van der Waals surface area contributed by atoms with Crippen molar-refractivity contribution in [1.29, 1.82) is 0 Å². The molecule has 0 unspecified atom stereocenters. The number of hydrogen-bond acceptors (Lipinski definition) is 6. The Morgan fingerprint density at radius 3 is 1.40 bits per heavy atom. The monoisotopic (exact) mass is 794 g/mol. The first-order chi connectivity index (χ1) is 30.7. The molecule has 3 heterocycles. The van der Waals surface area contributed by atoms with Crippen molar-refractivity contribution in [2.45, 2.75) is 0 Å². The molecule has 12 aromatic rings. The van der Waals surface area contributed by atoms with E-state index in [4.69, 9.17) is 28.8 Å². The van der Waals surface area contributed by atoms with Gasteiger partial charge in [0.2, 0.25) is 5.89 Å². The van der Waals surface area contributed by atoms with Crippen LogP contribution in [0.5, 0.6) is 0 Å². The molecule has 0 aliphatic rings. The fourth-order valence-corrected chi connectivity index (χ4v) is 8.48. The Kier molecular flexibility index (Phi) is 8.38. The van der Waals surface area contributed by atoms with E-state index < -0.39 is 0 Å². The van der Waals surface area contributed by atoms with Gasteiger partial charge in [0.05, 0.1) is 5.39 Å². The predicted molar refractivity (Wildman–Crippen MR) is 250 cm³/mol. The van der Waals surface area contributed by atoms with Crippen molar-refractivity contribution >= 4 is 43.8 Å². The lowest BCUT2D eigenvalue weighted by atomic mass is 9.95. The minimum atomic E-state index is 0.560. The van der Waals surface area contributed by atoms with Gasteiger partial charge in [0.25, 0.3) is 0 Å². The highest BCUT2D eigenvalue weighted by Gasteiger charge is 2.20. The Balaban J connectivity index is 1.08. The standard InChI is InChI=1S/C56H34N4O2/c1-5-14-35(15-6-1)40-22-13-23-41(30-40)53-58-54(60-55(59-53)45-32-43(36-16-7-2-8-17-36)31-44(33-45)37-18-9-3-10-19-37)42-25-24-38-26-28-48-50(46(38)34-42)51-49(61-48)29-27-47-52(51)62-56(57-47)39-20-11-4-12-21-39/h1-34H. The number of fused-ring (bicyclic) bond motifs is 7. The maximum Gasteiger partial charge on any atom is 0.227 e. The molecule has 0 saturated carbocycles. The fourth-order valence-electron chi connectivity index (χ4n) is 8.48. The molecule has 6 heteroatoms. The maximum absolute atomic E-state index is 6.55. The lowest BCUT2D eigenvalue weighted by Gasteiger charge is -2.13. The Hall–Kier alpha value is -8.48. The predicted octanol–water partition coefficient (Wildman–Crippen LogP) is 14.7. The molecule has 9 aromatic carbocycles. The van der Waals surface area contributed by atoms with Crippen molar-refractivity contribution in [3.8, 4) is 79.0 Å². The molecule has 0 amide bonds. The van der Waals surface area contributed by atoms with Crippen LogP contribution in [0.3, 0.4) is 0 Å². The summed E-state index contributed by atoms with van der Waals surface area (Å²) in [5, 5.41) is 3.89. The molecule has 0 atom stereocenters. The summed E-state index contributed by atoms with van der Waals surface area (Å²) in [6, 6.07) is 70.7. The molecule has 0 saturated heterocycles. The highest BCUT2D eigenvalue weighted by Crippen LogP contribution is 2.41. The molecule has 0 aliphatic heterocycles. The summed E-state index contributed by atoms with van der Waals surface area (Å²) < 4.78 is 13.0. The van der Waals surface area contributed by atoms with E-state index in [-0.39, 0.29) is 0 Å². The van der Waals surface area contributed by atoms with Crippen LogP contribution in [0.4, 0.5) is 0 Å². The van der Waals surface area contributed by atoms with Crippen LogP contribution in [0.1, 0.15) is 0 Å². The zero-order valence-electron chi connectivity index (χ0n) is 33.2. The van der Waals surface area contributed by atoms with Gasteiger partial charge >= 0.3 is 0 Å². The molecule has 0 radical (unpaired) electrons. The summed E-state index contributed by atoms with van der Waals surface area (Å²) in [6.07, 6.45) is 0. The molecule has 290 valence electrons. The number of oxazole rings is 1. The van der Waals surface area contributed by atoms with Crippen molar-refractivity contribution in [2.24, 2.45) is 0 Å². The number of nitrogens with zero attached hydrogens (tertiary/aromatic N) is 4. The summed E-state index contributed by atoms with van der Waals surface area (Å²) >= 11 is 0. The highest BCUT2D eigenvalue weighted by molar-refractivity contribution is 6.25. The summed E-state index contributed by atoms with van der Waals surface area (Å²) in [4.78, 5) is 20.7. The van der Waals surface area contributed by atoms with Gasteiger partial charge in [-0.15, -0.1) is 0 Å². The van der Waals surface area contributed by atoms with E-state index in [9.17, 15) is 0 Å². The van der Waals surface area contributed by atoms with Crippen LogP contribution < -0.4 is 0 Å². The Labute approximate surface area is 356 Å². The van der Waals surface area contributed by atoms with Crippen LogP contribution in [0.15, 0.2) is 215 Å². The molecule has 3 aromatic heterocycles. The first-order valence-electron chi connectivity index (χ1n) is 20.6. The Bertz CT molecular complexity index is 3560. The molecule has 12 rings (SSSR count). The summed E-state index contributed by atoms with van der Waals surface area (Å²) in [5.74, 6) is 2.29. The molecule has 0 aliphatic carbocycles. The van der Waals surface area contributed by atoms with Gasteiger partial charge in [0.1, 0.15) is 16.7 Å². The second kappa shape index (κ2) is 14.7. The van der Waals surface area contributed by atoms with Crippen LogP contribution in [0.2, 0.25) is 0 Å².